The van der Waals surface area contributed by atoms with Crippen molar-refractivity contribution < 1.29 is 9.53 Å². The number of aromatic nitrogens is 1. The second kappa shape index (κ2) is 8.84. The average Bonchev–Trinajstić information content (AvgIpc) is 2.60. The molecule has 1 saturated heterocycles. The summed E-state index contributed by atoms with van der Waals surface area (Å²) in [4.78, 5) is 22.9. The molecule has 7 nitrogen and oxygen atoms in total. The van der Waals surface area contributed by atoms with Gasteiger partial charge in [-0.15, -0.1) is 0 Å². The number of carbonyl (C=O) groups is 1. The van der Waals surface area contributed by atoms with E-state index in [4.69, 9.17) is 4.74 Å². The number of hydrogen-bond donors (Lipinski definition) is 1. The molecule has 1 unspecified atom stereocenters. The van der Waals surface area contributed by atoms with Crippen LogP contribution in [0.1, 0.15) is 12.5 Å². The number of hydrogen-bond acceptors (Lipinski definition) is 5. The predicted octanol–water partition coefficient (Wildman–Crippen LogP) is 1.01. The number of piperazine rings is 1. The Kier molecular flexibility index (Phi) is 6.81. The minimum atomic E-state index is -0.0995. The van der Waals surface area contributed by atoms with Crippen LogP contribution in [0, 0.1) is 0 Å². The first kappa shape index (κ1) is 18.5. The molecule has 2 amide bonds. The maximum absolute atomic E-state index is 12.2. The standard InChI is InChI=1S/C17H29N5O2/c1-14(13-24-4)21(3)17(23)19-12-15-5-6-18-16(11-15)22-9-7-20(2)8-10-22/h5-6,11,14H,7-10,12-13H2,1-4H3,(H,19,23). The van der Waals surface area contributed by atoms with Crippen molar-refractivity contribution in [2.45, 2.75) is 19.5 Å². The zero-order valence-corrected chi connectivity index (χ0v) is 15.2. The molecule has 2 heterocycles. The highest BCUT2D eigenvalue weighted by Crippen LogP contribution is 2.14. The molecule has 0 aromatic carbocycles. The second-order valence-corrected chi connectivity index (χ2v) is 6.39. The molecule has 0 saturated carbocycles. The van der Waals surface area contributed by atoms with E-state index in [1.54, 1.807) is 19.1 Å². The molecule has 1 aliphatic rings. The molecule has 24 heavy (non-hydrogen) atoms. The number of carbonyl (C=O) groups excluding carboxylic acids is 1. The van der Waals surface area contributed by atoms with Crippen molar-refractivity contribution in [3.8, 4) is 0 Å². The number of pyridine rings is 1. The fraction of sp³-hybridized carbons (Fsp3) is 0.647. The van der Waals surface area contributed by atoms with Gasteiger partial charge in [0.15, 0.2) is 0 Å². The number of anilines is 1. The first-order valence-electron chi connectivity index (χ1n) is 8.39. The molecule has 1 aromatic rings. The van der Waals surface area contributed by atoms with E-state index in [0.29, 0.717) is 13.2 Å². The fourth-order valence-electron chi connectivity index (χ4n) is 2.63. The number of ether oxygens (including phenoxy) is 1. The van der Waals surface area contributed by atoms with Crippen LogP contribution in [0.3, 0.4) is 0 Å². The molecule has 1 fully saturated rings. The zero-order valence-electron chi connectivity index (χ0n) is 15.2. The van der Waals surface area contributed by atoms with Crippen LogP contribution in [-0.4, -0.2) is 80.8 Å². The molecular weight excluding hydrogens is 306 g/mol. The van der Waals surface area contributed by atoms with Gasteiger partial charge < -0.3 is 24.8 Å². The van der Waals surface area contributed by atoms with Crippen LogP contribution >= 0.6 is 0 Å². The van der Waals surface area contributed by atoms with E-state index in [-0.39, 0.29) is 12.1 Å². The molecule has 134 valence electrons. The SMILES string of the molecule is COCC(C)N(C)C(=O)NCc1ccnc(N2CCN(C)CC2)c1. The van der Waals surface area contributed by atoms with Crippen LogP contribution in [0.25, 0.3) is 0 Å². The number of methoxy groups -OCH3 is 1. The van der Waals surface area contributed by atoms with E-state index < -0.39 is 0 Å². The summed E-state index contributed by atoms with van der Waals surface area (Å²) >= 11 is 0. The van der Waals surface area contributed by atoms with Gasteiger partial charge >= 0.3 is 6.03 Å². The lowest BCUT2D eigenvalue weighted by Gasteiger charge is -2.33. The van der Waals surface area contributed by atoms with Crippen LogP contribution in [0.15, 0.2) is 18.3 Å². The Morgan fingerprint density at radius 3 is 2.79 bits per heavy atom. The van der Waals surface area contributed by atoms with Gasteiger partial charge in [-0.2, -0.15) is 0 Å². The molecule has 7 heteroatoms. The number of nitrogens with one attached hydrogen (secondary N) is 1. The third kappa shape index (κ3) is 5.07. The van der Waals surface area contributed by atoms with E-state index in [1.807, 2.05) is 19.2 Å². The van der Waals surface area contributed by atoms with Gasteiger partial charge in [0.1, 0.15) is 5.82 Å². The lowest BCUT2D eigenvalue weighted by Crippen LogP contribution is -2.45. The summed E-state index contributed by atoms with van der Waals surface area (Å²) in [7, 11) is 5.55. The largest absolute Gasteiger partial charge is 0.383 e. The Bertz CT molecular complexity index is 531. The Balaban J connectivity index is 1.89. The third-order valence-electron chi connectivity index (χ3n) is 4.47. The Morgan fingerprint density at radius 1 is 1.42 bits per heavy atom. The first-order chi connectivity index (χ1) is 11.5. The fourth-order valence-corrected chi connectivity index (χ4v) is 2.63. The zero-order chi connectivity index (χ0) is 17.5. The quantitative estimate of drug-likeness (QED) is 0.841. The van der Waals surface area contributed by atoms with Crippen LogP contribution in [0.4, 0.5) is 10.6 Å². The highest BCUT2D eigenvalue weighted by Gasteiger charge is 2.17. The average molecular weight is 335 g/mol. The highest BCUT2D eigenvalue weighted by molar-refractivity contribution is 5.74. The number of amides is 2. The van der Waals surface area contributed by atoms with Crippen LogP contribution in [-0.2, 0) is 11.3 Å². The van der Waals surface area contributed by atoms with E-state index in [1.165, 1.54) is 0 Å². The summed E-state index contributed by atoms with van der Waals surface area (Å²) in [5.41, 5.74) is 1.06. The third-order valence-corrected chi connectivity index (χ3v) is 4.47. The maximum atomic E-state index is 12.2. The molecule has 1 atom stereocenters. The Morgan fingerprint density at radius 2 is 2.12 bits per heavy atom. The lowest BCUT2D eigenvalue weighted by atomic mass is 10.2. The van der Waals surface area contributed by atoms with Crippen molar-refractivity contribution in [2.24, 2.45) is 0 Å². The summed E-state index contributed by atoms with van der Waals surface area (Å²) in [5.74, 6) is 0.982. The van der Waals surface area contributed by atoms with Crippen molar-refractivity contribution in [3.05, 3.63) is 23.9 Å². The number of nitrogens with zero attached hydrogens (tertiary/aromatic N) is 4. The van der Waals surface area contributed by atoms with Crippen LogP contribution in [0.2, 0.25) is 0 Å². The van der Waals surface area contributed by atoms with E-state index in [2.05, 4.69) is 33.2 Å². The maximum Gasteiger partial charge on any atom is 0.317 e. The molecular formula is C17H29N5O2. The normalized spacial score (nSPS) is 16.8. The van der Waals surface area contributed by atoms with Gasteiger partial charge in [0, 0.05) is 53.1 Å². The van der Waals surface area contributed by atoms with Crippen LogP contribution in [0.5, 0.6) is 0 Å². The van der Waals surface area contributed by atoms with E-state index >= 15 is 0 Å². The topological polar surface area (TPSA) is 60.9 Å². The van der Waals surface area contributed by atoms with Crippen LogP contribution < -0.4 is 10.2 Å². The van der Waals surface area contributed by atoms with E-state index in [9.17, 15) is 4.79 Å². The van der Waals surface area contributed by atoms with Gasteiger partial charge in [-0.25, -0.2) is 9.78 Å². The van der Waals surface area contributed by atoms with Gasteiger partial charge in [-0.3, -0.25) is 0 Å². The molecule has 0 bridgehead atoms. The highest BCUT2D eigenvalue weighted by atomic mass is 16.5. The minimum Gasteiger partial charge on any atom is -0.383 e. The van der Waals surface area contributed by atoms with Crippen molar-refractivity contribution >= 4 is 11.8 Å². The molecule has 1 aromatic heterocycles. The molecule has 0 spiro atoms. The van der Waals surface area contributed by atoms with Gasteiger partial charge in [0.2, 0.25) is 0 Å². The molecule has 2 rings (SSSR count). The van der Waals surface area contributed by atoms with Crippen molar-refractivity contribution in [2.75, 3.05) is 58.9 Å². The molecule has 0 aliphatic carbocycles. The van der Waals surface area contributed by atoms with Gasteiger partial charge in [-0.1, -0.05) is 0 Å². The van der Waals surface area contributed by atoms with Crippen molar-refractivity contribution in [3.63, 3.8) is 0 Å². The monoisotopic (exact) mass is 335 g/mol. The summed E-state index contributed by atoms with van der Waals surface area (Å²) in [6, 6.07) is 3.94. The van der Waals surface area contributed by atoms with Crippen molar-refractivity contribution in [1.29, 1.82) is 0 Å². The summed E-state index contributed by atoms with van der Waals surface area (Å²) in [5, 5.41) is 2.95. The summed E-state index contributed by atoms with van der Waals surface area (Å²) in [6.45, 7) is 7.03. The number of rotatable bonds is 6. The Labute approximate surface area is 144 Å². The van der Waals surface area contributed by atoms with Gasteiger partial charge in [0.05, 0.1) is 12.6 Å². The smallest absolute Gasteiger partial charge is 0.317 e. The molecule has 0 radical (unpaired) electrons. The van der Waals surface area contributed by atoms with E-state index in [0.717, 1.165) is 37.6 Å². The van der Waals surface area contributed by atoms with Crippen molar-refractivity contribution in [1.82, 2.24) is 20.1 Å². The van der Waals surface area contributed by atoms with Gasteiger partial charge in [-0.05, 0) is 31.7 Å². The first-order valence-corrected chi connectivity index (χ1v) is 8.39. The molecule has 1 N–H and O–H groups in total. The number of urea groups is 1. The predicted molar refractivity (Wildman–Crippen MR) is 95.3 cm³/mol. The summed E-state index contributed by atoms with van der Waals surface area (Å²) in [6.07, 6.45) is 1.81. The molecule has 1 aliphatic heterocycles. The second-order valence-electron chi connectivity index (χ2n) is 6.39. The lowest BCUT2D eigenvalue weighted by molar-refractivity contribution is 0.123. The minimum absolute atomic E-state index is 0.0355. The summed E-state index contributed by atoms with van der Waals surface area (Å²) < 4.78 is 5.09. The number of likely N-dealkylation sites (N-methyl/N-ethyl adjacent to an activating group) is 2. The Hall–Kier alpha value is -1.86. The van der Waals surface area contributed by atoms with Gasteiger partial charge in [0.25, 0.3) is 0 Å².